The molecular formula is C9H15ClN4O. The number of anilines is 2. The van der Waals surface area contributed by atoms with Crippen LogP contribution in [0.25, 0.3) is 0 Å². The summed E-state index contributed by atoms with van der Waals surface area (Å²) in [5.41, 5.74) is 4.64. The number of halogens is 1. The van der Waals surface area contributed by atoms with E-state index in [9.17, 15) is 5.11 Å². The van der Waals surface area contributed by atoms with E-state index in [0.717, 1.165) is 0 Å². The molecule has 0 spiro atoms. The van der Waals surface area contributed by atoms with Crippen molar-refractivity contribution in [2.75, 3.05) is 24.2 Å². The second-order valence-corrected chi connectivity index (χ2v) is 4.48. The molecule has 0 aliphatic heterocycles. The van der Waals surface area contributed by atoms with Gasteiger partial charge in [-0.05, 0) is 13.8 Å². The van der Waals surface area contributed by atoms with Crippen LogP contribution in [0.1, 0.15) is 13.8 Å². The summed E-state index contributed by atoms with van der Waals surface area (Å²) in [6, 6.07) is 0. The van der Waals surface area contributed by atoms with Crippen LogP contribution in [0.15, 0.2) is 6.20 Å². The minimum atomic E-state index is -0.822. The van der Waals surface area contributed by atoms with Gasteiger partial charge in [-0.1, -0.05) is 11.6 Å². The number of rotatable bonds is 3. The van der Waals surface area contributed by atoms with Crippen LogP contribution >= 0.6 is 11.6 Å². The van der Waals surface area contributed by atoms with Crippen molar-refractivity contribution < 1.29 is 5.11 Å². The van der Waals surface area contributed by atoms with Gasteiger partial charge in [0.05, 0.1) is 11.8 Å². The van der Waals surface area contributed by atoms with Gasteiger partial charge in [0, 0.05) is 13.6 Å². The quantitative estimate of drug-likeness (QED) is 0.808. The third kappa shape index (κ3) is 3.53. The van der Waals surface area contributed by atoms with E-state index in [0.29, 0.717) is 17.4 Å². The lowest BCUT2D eigenvalue weighted by Crippen LogP contribution is -2.36. The van der Waals surface area contributed by atoms with Crippen LogP contribution in [0.5, 0.6) is 0 Å². The zero-order chi connectivity index (χ0) is 11.6. The highest BCUT2D eigenvalue weighted by molar-refractivity contribution is 6.32. The molecule has 84 valence electrons. The molecule has 0 unspecified atom stereocenters. The van der Waals surface area contributed by atoms with E-state index in [1.165, 1.54) is 6.20 Å². The Balaban J connectivity index is 2.90. The highest BCUT2D eigenvalue weighted by Gasteiger charge is 2.18. The third-order valence-electron chi connectivity index (χ3n) is 1.73. The molecule has 0 saturated heterocycles. The fraction of sp³-hybridized carbons (Fsp3) is 0.556. The molecule has 0 saturated carbocycles. The van der Waals surface area contributed by atoms with Crippen molar-refractivity contribution in [2.45, 2.75) is 19.4 Å². The van der Waals surface area contributed by atoms with Crippen LogP contribution in [0.4, 0.5) is 11.8 Å². The van der Waals surface area contributed by atoms with Crippen molar-refractivity contribution in [1.29, 1.82) is 0 Å². The van der Waals surface area contributed by atoms with Gasteiger partial charge in [-0.3, -0.25) is 0 Å². The van der Waals surface area contributed by atoms with Crippen LogP contribution < -0.4 is 10.6 Å². The minimum Gasteiger partial charge on any atom is -0.389 e. The average Bonchev–Trinajstić information content (AvgIpc) is 2.06. The highest BCUT2D eigenvalue weighted by Crippen LogP contribution is 2.23. The largest absolute Gasteiger partial charge is 0.389 e. The summed E-state index contributed by atoms with van der Waals surface area (Å²) in [6.45, 7) is 3.83. The number of likely N-dealkylation sites (N-methyl/N-ethyl adjacent to an activating group) is 1. The van der Waals surface area contributed by atoms with E-state index in [4.69, 9.17) is 17.3 Å². The van der Waals surface area contributed by atoms with Gasteiger partial charge in [-0.15, -0.1) is 0 Å². The van der Waals surface area contributed by atoms with Crippen molar-refractivity contribution in [3.05, 3.63) is 11.2 Å². The fourth-order valence-electron chi connectivity index (χ4n) is 1.29. The first kappa shape index (κ1) is 12.0. The number of hydrogen-bond acceptors (Lipinski definition) is 5. The predicted octanol–water partition coefficient (Wildman–Crippen LogP) is 0.919. The first-order valence-corrected chi connectivity index (χ1v) is 4.89. The Morgan fingerprint density at radius 1 is 1.60 bits per heavy atom. The van der Waals surface area contributed by atoms with E-state index < -0.39 is 5.60 Å². The molecule has 1 aromatic rings. The van der Waals surface area contributed by atoms with Crippen molar-refractivity contribution >= 4 is 23.4 Å². The van der Waals surface area contributed by atoms with Crippen molar-refractivity contribution in [3.8, 4) is 0 Å². The average molecular weight is 231 g/mol. The zero-order valence-corrected chi connectivity index (χ0v) is 9.78. The number of nitrogens with two attached hydrogens (primary N) is 1. The molecule has 15 heavy (non-hydrogen) atoms. The van der Waals surface area contributed by atoms with Gasteiger partial charge < -0.3 is 15.7 Å². The Morgan fingerprint density at radius 3 is 2.73 bits per heavy atom. The maximum Gasteiger partial charge on any atom is 0.222 e. The summed E-state index contributed by atoms with van der Waals surface area (Å²) >= 11 is 5.92. The first-order valence-electron chi connectivity index (χ1n) is 4.51. The summed E-state index contributed by atoms with van der Waals surface area (Å²) in [7, 11) is 1.78. The van der Waals surface area contributed by atoms with E-state index in [2.05, 4.69) is 9.97 Å². The van der Waals surface area contributed by atoms with E-state index >= 15 is 0 Å². The summed E-state index contributed by atoms with van der Waals surface area (Å²) < 4.78 is 0. The molecule has 1 aromatic heterocycles. The zero-order valence-electron chi connectivity index (χ0n) is 9.03. The Kier molecular flexibility index (Phi) is 3.36. The lowest BCUT2D eigenvalue weighted by atomic mass is 10.1. The molecule has 1 heterocycles. The molecule has 0 fully saturated rings. The number of nitrogens with zero attached hydrogens (tertiary/aromatic N) is 3. The molecule has 0 radical (unpaired) electrons. The number of nitrogen functional groups attached to an aromatic ring is 1. The van der Waals surface area contributed by atoms with Gasteiger partial charge >= 0.3 is 0 Å². The number of aromatic nitrogens is 2. The molecule has 0 aliphatic rings. The van der Waals surface area contributed by atoms with Crippen LogP contribution in [0, 0.1) is 0 Å². The van der Waals surface area contributed by atoms with Crippen molar-refractivity contribution in [3.63, 3.8) is 0 Å². The van der Waals surface area contributed by atoms with Gasteiger partial charge in [-0.2, -0.15) is 4.98 Å². The SMILES string of the molecule is CN(CC(C)(C)O)c1nc(N)ncc1Cl. The molecular weight excluding hydrogens is 216 g/mol. The molecule has 0 amide bonds. The van der Waals surface area contributed by atoms with Crippen LogP contribution in [0.3, 0.4) is 0 Å². The third-order valence-corrected chi connectivity index (χ3v) is 2.00. The Morgan fingerprint density at radius 2 is 2.20 bits per heavy atom. The molecule has 0 bridgehead atoms. The molecule has 1 rings (SSSR count). The maximum atomic E-state index is 9.65. The summed E-state index contributed by atoms with van der Waals surface area (Å²) in [5, 5.41) is 10.1. The smallest absolute Gasteiger partial charge is 0.222 e. The van der Waals surface area contributed by atoms with E-state index in [1.54, 1.807) is 25.8 Å². The summed E-state index contributed by atoms with van der Waals surface area (Å²) in [5.74, 6) is 0.684. The molecule has 6 heteroatoms. The van der Waals surface area contributed by atoms with Gasteiger partial charge in [0.15, 0.2) is 5.82 Å². The normalized spacial score (nSPS) is 11.5. The molecule has 0 aliphatic carbocycles. The summed E-state index contributed by atoms with van der Waals surface area (Å²) in [6.07, 6.45) is 1.44. The Labute approximate surface area is 93.9 Å². The molecule has 5 nitrogen and oxygen atoms in total. The Hall–Kier alpha value is -1.07. The Bertz CT molecular complexity index is 350. The van der Waals surface area contributed by atoms with Gasteiger partial charge in [-0.25, -0.2) is 4.98 Å². The second-order valence-electron chi connectivity index (χ2n) is 4.07. The van der Waals surface area contributed by atoms with E-state index in [1.807, 2.05) is 0 Å². The monoisotopic (exact) mass is 230 g/mol. The van der Waals surface area contributed by atoms with Crippen LogP contribution in [-0.2, 0) is 0 Å². The second kappa shape index (κ2) is 4.20. The minimum absolute atomic E-state index is 0.164. The van der Waals surface area contributed by atoms with Crippen molar-refractivity contribution in [2.24, 2.45) is 0 Å². The lowest BCUT2D eigenvalue weighted by Gasteiger charge is -2.26. The first-order chi connectivity index (χ1) is 6.79. The predicted molar refractivity (Wildman–Crippen MR) is 61.0 cm³/mol. The fourth-order valence-corrected chi connectivity index (χ4v) is 1.53. The van der Waals surface area contributed by atoms with Crippen molar-refractivity contribution in [1.82, 2.24) is 9.97 Å². The van der Waals surface area contributed by atoms with Gasteiger partial charge in [0.25, 0.3) is 0 Å². The highest BCUT2D eigenvalue weighted by atomic mass is 35.5. The topological polar surface area (TPSA) is 75.3 Å². The number of hydrogen-bond donors (Lipinski definition) is 2. The standard InChI is InChI=1S/C9H15ClN4O/c1-9(2,15)5-14(3)7-6(10)4-12-8(11)13-7/h4,15H,5H2,1-3H3,(H2,11,12,13). The van der Waals surface area contributed by atoms with Crippen LogP contribution in [0.2, 0.25) is 5.02 Å². The number of aliphatic hydroxyl groups is 1. The van der Waals surface area contributed by atoms with Gasteiger partial charge in [0.1, 0.15) is 5.02 Å². The van der Waals surface area contributed by atoms with E-state index in [-0.39, 0.29) is 5.95 Å². The molecule has 0 atom stereocenters. The lowest BCUT2D eigenvalue weighted by molar-refractivity contribution is 0.0884. The molecule has 0 aromatic carbocycles. The van der Waals surface area contributed by atoms with Gasteiger partial charge in [0.2, 0.25) is 5.95 Å². The van der Waals surface area contributed by atoms with Crippen LogP contribution in [-0.4, -0.2) is 34.3 Å². The maximum absolute atomic E-state index is 9.65. The molecule has 3 N–H and O–H groups in total. The summed E-state index contributed by atoms with van der Waals surface area (Å²) in [4.78, 5) is 9.51.